The molecule has 1 N–H and O–H groups in total. The van der Waals surface area contributed by atoms with Crippen LogP contribution in [-0.4, -0.2) is 26.4 Å². The third kappa shape index (κ3) is 4.29. The Hall–Kier alpha value is -1.79. The van der Waals surface area contributed by atoms with E-state index in [-0.39, 0.29) is 0 Å². The first-order valence-electron chi connectivity index (χ1n) is 4.68. The highest BCUT2D eigenvalue weighted by Crippen LogP contribution is 2.02. The van der Waals surface area contributed by atoms with E-state index >= 15 is 0 Å². The average Bonchev–Trinajstić information content (AvgIpc) is 2.34. The molecule has 5 nitrogen and oxygen atoms in total. The van der Waals surface area contributed by atoms with Crippen LogP contribution in [0, 0.1) is 0 Å². The molecule has 0 fully saturated rings. The first-order valence-corrected chi connectivity index (χ1v) is 6.16. The van der Waals surface area contributed by atoms with Gasteiger partial charge in [-0.05, 0) is 11.6 Å². The quantitative estimate of drug-likeness (QED) is 0.762. The first kappa shape index (κ1) is 13.3. The van der Waals surface area contributed by atoms with E-state index in [0.717, 1.165) is 6.08 Å². The Morgan fingerprint density at radius 1 is 1.29 bits per heavy atom. The lowest BCUT2D eigenvalue weighted by Crippen LogP contribution is -2.30. The predicted octanol–water partition coefficient (Wildman–Crippen LogP) is 0.255. The summed E-state index contributed by atoms with van der Waals surface area (Å²) in [6.07, 6.45) is 3.65. The van der Waals surface area contributed by atoms with Gasteiger partial charge in [-0.1, -0.05) is 36.4 Å². The van der Waals surface area contributed by atoms with E-state index in [1.54, 1.807) is 35.1 Å². The summed E-state index contributed by atoms with van der Waals surface area (Å²) in [5, 5.41) is -1.10. The van der Waals surface area contributed by atoms with Gasteiger partial charge in [0, 0.05) is 0 Å². The summed E-state index contributed by atoms with van der Waals surface area (Å²) in [5.74, 6) is 0. The SMILES string of the molecule is O=[C]CNS(=O)(=O)C(=O)C=Cc1ccccc1. The standard InChI is InChI=1S/C11H10NO4S/c13-9-8-12-17(15,16)11(14)7-6-10-4-2-1-3-5-10/h1-7,12H,8H2. The van der Waals surface area contributed by atoms with Crippen LogP contribution < -0.4 is 4.72 Å². The number of hydrogen-bond donors (Lipinski definition) is 1. The van der Waals surface area contributed by atoms with Gasteiger partial charge in [-0.15, -0.1) is 0 Å². The Morgan fingerprint density at radius 2 is 1.94 bits per heavy atom. The molecule has 0 aliphatic heterocycles. The van der Waals surface area contributed by atoms with Crippen LogP contribution in [0.25, 0.3) is 6.08 Å². The van der Waals surface area contributed by atoms with E-state index < -0.39 is 21.7 Å². The second-order valence-electron chi connectivity index (χ2n) is 3.03. The van der Waals surface area contributed by atoms with Crippen molar-refractivity contribution >= 4 is 27.5 Å². The Bertz CT molecular complexity index is 520. The molecule has 0 aliphatic carbocycles. The Morgan fingerprint density at radius 3 is 2.53 bits per heavy atom. The van der Waals surface area contributed by atoms with Gasteiger partial charge in [0.05, 0.1) is 6.54 Å². The van der Waals surface area contributed by atoms with Crippen molar-refractivity contribution in [2.45, 2.75) is 0 Å². The minimum Gasteiger partial charge on any atom is -0.289 e. The summed E-state index contributed by atoms with van der Waals surface area (Å²) in [6.45, 7) is -0.534. The van der Waals surface area contributed by atoms with E-state index in [4.69, 9.17) is 0 Å². The minimum atomic E-state index is -4.13. The highest BCUT2D eigenvalue weighted by atomic mass is 32.2. The van der Waals surface area contributed by atoms with Crippen molar-refractivity contribution in [1.29, 1.82) is 0 Å². The number of hydrogen-bond acceptors (Lipinski definition) is 4. The fourth-order valence-electron chi connectivity index (χ4n) is 1.01. The maximum absolute atomic E-state index is 11.3. The van der Waals surface area contributed by atoms with Crippen LogP contribution in [0.3, 0.4) is 0 Å². The zero-order chi connectivity index (χ0) is 12.7. The van der Waals surface area contributed by atoms with E-state index in [9.17, 15) is 18.0 Å². The lowest BCUT2D eigenvalue weighted by atomic mass is 10.2. The molecule has 0 aliphatic rings. The van der Waals surface area contributed by atoms with Gasteiger partial charge in [-0.2, -0.15) is 0 Å². The topological polar surface area (TPSA) is 80.3 Å². The van der Waals surface area contributed by atoms with Crippen LogP contribution in [0.15, 0.2) is 36.4 Å². The number of rotatable bonds is 5. The Labute approximate surface area is 99.2 Å². The number of sulfonamides is 1. The summed E-state index contributed by atoms with van der Waals surface area (Å²) in [4.78, 5) is 21.1. The van der Waals surface area contributed by atoms with Gasteiger partial charge in [-0.3, -0.25) is 9.59 Å². The van der Waals surface area contributed by atoms with Crippen molar-refractivity contribution in [3.63, 3.8) is 0 Å². The van der Waals surface area contributed by atoms with Gasteiger partial charge in [-0.25, -0.2) is 13.1 Å². The summed E-state index contributed by atoms with van der Waals surface area (Å²) < 4.78 is 24.2. The molecular weight excluding hydrogens is 242 g/mol. The van der Waals surface area contributed by atoms with Crippen LogP contribution in [0.1, 0.15) is 5.56 Å². The lowest BCUT2D eigenvalue weighted by Gasteiger charge is -1.97. The Kier molecular flexibility index (Phi) is 4.74. The van der Waals surface area contributed by atoms with Crippen LogP contribution in [0.2, 0.25) is 0 Å². The van der Waals surface area contributed by atoms with Gasteiger partial charge in [0.2, 0.25) is 6.29 Å². The largest absolute Gasteiger partial charge is 0.289 e. The van der Waals surface area contributed by atoms with E-state index in [1.165, 1.54) is 12.4 Å². The monoisotopic (exact) mass is 252 g/mol. The fourth-order valence-corrected chi connectivity index (χ4v) is 1.65. The smallest absolute Gasteiger partial charge is 0.284 e. The molecule has 0 saturated carbocycles. The maximum Gasteiger partial charge on any atom is 0.284 e. The molecule has 0 aromatic heterocycles. The average molecular weight is 252 g/mol. The second-order valence-corrected chi connectivity index (χ2v) is 4.73. The van der Waals surface area contributed by atoms with Crippen molar-refractivity contribution in [2.24, 2.45) is 0 Å². The molecule has 6 heteroatoms. The summed E-state index contributed by atoms with van der Waals surface area (Å²) in [5.41, 5.74) is 0.706. The summed E-state index contributed by atoms with van der Waals surface area (Å²) in [7, 11) is -4.13. The molecule has 89 valence electrons. The van der Waals surface area contributed by atoms with Crippen molar-refractivity contribution in [3.05, 3.63) is 42.0 Å². The second kappa shape index (κ2) is 6.07. The molecule has 1 rings (SSSR count). The van der Waals surface area contributed by atoms with Crippen LogP contribution >= 0.6 is 0 Å². The van der Waals surface area contributed by atoms with Gasteiger partial charge in [0.15, 0.2) is 0 Å². The predicted molar refractivity (Wildman–Crippen MR) is 63.1 cm³/mol. The highest BCUT2D eigenvalue weighted by Gasteiger charge is 2.17. The van der Waals surface area contributed by atoms with Crippen LogP contribution in [-0.2, 0) is 19.6 Å². The third-order valence-corrected chi connectivity index (χ3v) is 3.00. The molecule has 17 heavy (non-hydrogen) atoms. The molecule has 0 bridgehead atoms. The zero-order valence-corrected chi connectivity index (χ0v) is 9.61. The van der Waals surface area contributed by atoms with Crippen LogP contribution in [0.4, 0.5) is 0 Å². The van der Waals surface area contributed by atoms with E-state index in [1.807, 2.05) is 0 Å². The van der Waals surface area contributed by atoms with Gasteiger partial charge < -0.3 is 0 Å². The Balaban J connectivity index is 2.73. The third-order valence-electron chi connectivity index (χ3n) is 1.81. The van der Waals surface area contributed by atoms with E-state index in [0.29, 0.717) is 5.56 Å². The molecule has 0 heterocycles. The van der Waals surface area contributed by atoms with Gasteiger partial charge in [0.1, 0.15) is 0 Å². The summed E-state index contributed by atoms with van der Waals surface area (Å²) in [6, 6.07) is 8.78. The molecular formula is C11H10NO4S. The van der Waals surface area contributed by atoms with Gasteiger partial charge in [0.25, 0.3) is 15.1 Å². The summed E-state index contributed by atoms with van der Waals surface area (Å²) >= 11 is 0. The number of carbonyl (C=O) groups excluding carboxylic acids is 2. The maximum atomic E-state index is 11.3. The van der Waals surface area contributed by atoms with Crippen LogP contribution in [0.5, 0.6) is 0 Å². The van der Waals surface area contributed by atoms with Crippen molar-refractivity contribution in [2.75, 3.05) is 6.54 Å². The zero-order valence-electron chi connectivity index (χ0n) is 8.79. The number of nitrogens with one attached hydrogen (secondary N) is 1. The lowest BCUT2D eigenvalue weighted by molar-refractivity contribution is -0.107. The molecule has 0 amide bonds. The minimum absolute atomic E-state index is 0.534. The number of benzene rings is 1. The molecule has 1 radical (unpaired) electrons. The normalized spacial score (nSPS) is 11.5. The van der Waals surface area contributed by atoms with Gasteiger partial charge >= 0.3 is 0 Å². The molecule has 0 atom stereocenters. The van der Waals surface area contributed by atoms with E-state index in [2.05, 4.69) is 0 Å². The molecule has 0 unspecified atom stereocenters. The molecule has 1 aromatic carbocycles. The fraction of sp³-hybridized carbons (Fsp3) is 0.0909. The van der Waals surface area contributed by atoms with Crippen molar-refractivity contribution in [1.82, 2.24) is 4.72 Å². The first-order chi connectivity index (χ1) is 8.06. The van der Waals surface area contributed by atoms with Crippen molar-refractivity contribution in [3.8, 4) is 0 Å². The molecule has 0 saturated heterocycles. The number of carbonyl (C=O) groups is 1. The molecule has 0 spiro atoms. The molecule has 1 aromatic rings. The highest BCUT2D eigenvalue weighted by molar-refractivity contribution is 8.04. The van der Waals surface area contributed by atoms with Crippen molar-refractivity contribution < 1.29 is 18.0 Å².